The molecule has 0 saturated carbocycles. The van der Waals surface area contributed by atoms with Gasteiger partial charge in [-0.05, 0) is 11.6 Å². The lowest BCUT2D eigenvalue weighted by Gasteiger charge is -2.23. The van der Waals surface area contributed by atoms with Gasteiger partial charge in [-0.15, -0.1) is 0 Å². The fourth-order valence-corrected chi connectivity index (χ4v) is 1.76. The fraction of sp³-hybridized carbons (Fsp3) is 0.429. The van der Waals surface area contributed by atoms with E-state index in [-0.39, 0.29) is 26.3 Å². The van der Waals surface area contributed by atoms with Crippen LogP contribution in [0.3, 0.4) is 0 Å². The Balaban J connectivity index is 2.87. The van der Waals surface area contributed by atoms with Crippen LogP contribution in [0.4, 0.5) is 13.2 Å². The quantitative estimate of drug-likeness (QED) is 0.804. The summed E-state index contributed by atoms with van der Waals surface area (Å²) in [4.78, 5) is 1.11. The molecule has 0 amide bonds. The lowest BCUT2D eigenvalue weighted by Crippen LogP contribution is -2.35. The number of benzene rings is 1. The number of rotatable bonds is 5. The molecule has 110 valence electrons. The SMILES string of the molecule is OCC#Cc1ccccc1CN(CCO)CC(F)(F)F. The van der Waals surface area contributed by atoms with Gasteiger partial charge in [-0.2, -0.15) is 13.2 Å². The highest BCUT2D eigenvalue weighted by Crippen LogP contribution is 2.19. The minimum atomic E-state index is -4.32. The molecule has 0 heterocycles. The predicted molar refractivity (Wildman–Crippen MR) is 68.8 cm³/mol. The van der Waals surface area contributed by atoms with Crippen molar-refractivity contribution >= 4 is 0 Å². The van der Waals surface area contributed by atoms with Crippen LogP contribution in [0.15, 0.2) is 24.3 Å². The summed E-state index contributed by atoms with van der Waals surface area (Å²) in [5.41, 5.74) is 1.21. The zero-order valence-electron chi connectivity index (χ0n) is 10.8. The zero-order chi connectivity index (χ0) is 15.0. The first-order valence-corrected chi connectivity index (χ1v) is 6.04. The second-order valence-electron chi connectivity index (χ2n) is 4.17. The highest BCUT2D eigenvalue weighted by atomic mass is 19.4. The van der Waals surface area contributed by atoms with E-state index in [1.807, 2.05) is 0 Å². The largest absolute Gasteiger partial charge is 0.401 e. The lowest BCUT2D eigenvalue weighted by atomic mass is 10.1. The van der Waals surface area contributed by atoms with Gasteiger partial charge in [-0.25, -0.2) is 0 Å². The molecule has 0 aliphatic heterocycles. The predicted octanol–water partition coefficient (Wildman–Crippen LogP) is 1.39. The van der Waals surface area contributed by atoms with Crippen LogP contribution < -0.4 is 0 Å². The Morgan fingerprint density at radius 2 is 1.85 bits per heavy atom. The summed E-state index contributed by atoms with van der Waals surface area (Å²) in [6.07, 6.45) is -4.32. The van der Waals surface area contributed by atoms with Crippen molar-refractivity contribution in [3.63, 3.8) is 0 Å². The molecule has 0 saturated heterocycles. The van der Waals surface area contributed by atoms with Crippen molar-refractivity contribution in [2.75, 3.05) is 26.3 Å². The van der Waals surface area contributed by atoms with Crippen molar-refractivity contribution in [3.05, 3.63) is 35.4 Å². The van der Waals surface area contributed by atoms with Crippen LogP contribution in [0.2, 0.25) is 0 Å². The van der Waals surface area contributed by atoms with Gasteiger partial charge >= 0.3 is 6.18 Å². The normalized spacial score (nSPS) is 11.3. The summed E-state index contributed by atoms with van der Waals surface area (Å²) in [6.45, 7) is -1.77. The van der Waals surface area contributed by atoms with Crippen LogP contribution in [-0.4, -0.2) is 47.6 Å². The van der Waals surface area contributed by atoms with Crippen molar-refractivity contribution in [2.24, 2.45) is 0 Å². The Bertz CT molecular complexity index is 477. The molecule has 20 heavy (non-hydrogen) atoms. The Kier molecular flexibility index (Phi) is 6.52. The molecule has 1 rings (SSSR count). The van der Waals surface area contributed by atoms with Crippen LogP contribution in [0, 0.1) is 11.8 Å². The topological polar surface area (TPSA) is 43.7 Å². The monoisotopic (exact) mass is 287 g/mol. The van der Waals surface area contributed by atoms with Crippen molar-refractivity contribution in [3.8, 4) is 11.8 Å². The second kappa shape index (κ2) is 7.90. The Morgan fingerprint density at radius 1 is 1.15 bits per heavy atom. The van der Waals surface area contributed by atoms with Crippen LogP contribution in [0.25, 0.3) is 0 Å². The number of halogens is 3. The van der Waals surface area contributed by atoms with Gasteiger partial charge in [-0.3, -0.25) is 4.90 Å². The third-order valence-corrected chi connectivity index (χ3v) is 2.53. The van der Waals surface area contributed by atoms with Gasteiger partial charge in [0.1, 0.15) is 6.61 Å². The molecule has 1 aromatic rings. The van der Waals surface area contributed by atoms with Gasteiger partial charge in [-0.1, -0.05) is 30.0 Å². The van der Waals surface area contributed by atoms with Crippen molar-refractivity contribution in [1.82, 2.24) is 4.90 Å². The summed E-state index contributed by atoms with van der Waals surface area (Å²) < 4.78 is 37.4. The summed E-state index contributed by atoms with van der Waals surface area (Å²) in [5.74, 6) is 5.18. The van der Waals surface area contributed by atoms with Crippen LogP contribution in [-0.2, 0) is 6.54 Å². The van der Waals surface area contributed by atoms with Crippen molar-refractivity contribution in [1.29, 1.82) is 0 Å². The number of hydrogen-bond donors (Lipinski definition) is 2. The second-order valence-corrected chi connectivity index (χ2v) is 4.17. The molecule has 0 aliphatic rings. The first-order valence-electron chi connectivity index (χ1n) is 6.04. The zero-order valence-corrected chi connectivity index (χ0v) is 10.8. The lowest BCUT2D eigenvalue weighted by molar-refractivity contribution is -0.147. The molecule has 0 unspecified atom stereocenters. The van der Waals surface area contributed by atoms with Gasteiger partial charge in [0.15, 0.2) is 0 Å². The molecule has 0 spiro atoms. The van der Waals surface area contributed by atoms with E-state index in [9.17, 15) is 13.2 Å². The van der Waals surface area contributed by atoms with Crippen molar-refractivity contribution < 1.29 is 23.4 Å². The molecule has 0 bridgehead atoms. The molecule has 3 nitrogen and oxygen atoms in total. The highest BCUT2D eigenvalue weighted by molar-refractivity contribution is 5.41. The molecule has 0 aliphatic carbocycles. The third kappa shape index (κ3) is 6.06. The van der Waals surface area contributed by atoms with Gasteiger partial charge in [0, 0.05) is 18.7 Å². The molecular weight excluding hydrogens is 271 g/mol. The van der Waals surface area contributed by atoms with E-state index in [4.69, 9.17) is 10.2 Å². The maximum absolute atomic E-state index is 12.5. The van der Waals surface area contributed by atoms with Gasteiger partial charge in [0.2, 0.25) is 0 Å². The summed E-state index contributed by atoms with van der Waals surface area (Å²) in [6, 6.07) is 6.81. The van der Waals surface area contributed by atoms with Gasteiger partial charge in [0.25, 0.3) is 0 Å². The van der Waals surface area contributed by atoms with Gasteiger partial charge < -0.3 is 10.2 Å². The molecule has 0 atom stereocenters. The smallest absolute Gasteiger partial charge is 0.395 e. The third-order valence-electron chi connectivity index (χ3n) is 2.53. The molecular formula is C14H16F3NO2. The number of hydrogen-bond acceptors (Lipinski definition) is 3. The number of aliphatic hydroxyl groups excluding tert-OH is 2. The average molecular weight is 287 g/mol. The van der Waals surface area contributed by atoms with Crippen molar-refractivity contribution in [2.45, 2.75) is 12.7 Å². The average Bonchev–Trinajstić information content (AvgIpc) is 2.36. The van der Waals surface area contributed by atoms with E-state index >= 15 is 0 Å². The molecule has 0 radical (unpaired) electrons. The van der Waals surface area contributed by atoms with E-state index < -0.39 is 12.7 Å². The minimum Gasteiger partial charge on any atom is -0.395 e. The summed E-state index contributed by atoms with van der Waals surface area (Å²) >= 11 is 0. The molecule has 1 aromatic carbocycles. The Hall–Kier alpha value is -1.55. The minimum absolute atomic E-state index is 0.0380. The highest BCUT2D eigenvalue weighted by Gasteiger charge is 2.30. The van der Waals surface area contributed by atoms with E-state index in [2.05, 4.69) is 11.8 Å². The van der Waals surface area contributed by atoms with E-state index in [1.165, 1.54) is 0 Å². The standard InChI is InChI=1S/C14H16F3NO2/c15-14(16,17)11-18(7-9-20)10-13-5-2-1-4-12(13)6-3-8-19/h1-2,4-5,19-20H,7-11H2. The van der Waals surface area contributed by atoms with Crippen LogP contribution in [0.1, 0.15) is 11.1 Å². The maximum Gasteiger partial charge on any atom is 0.401 e. The van der Waals surface area contributed by atoms with E-state index in [1.54, 1.807) is 24.3 Å². The number of nitrogens with zero attached hydrogens (tertiary/aromatic N) is 1. The molecule has 6 heteroatoms. The number of aliphatic hydroxyl groups is 2. The fourth-order valence-electron chi connectivity index (χ4n) is 1.76. The summed E-state index contributed by atoms with van der Waals surface area (Å²) in [5, 5.41) is 17.5. The Labute approximate surface area is 115 Å². The van der Waals surface area contributed by atoms with Crippen LogP contribution >= 0.6 is 0 Å². The van der Waals surface area contributed by atoms with E-state index in [0.717, 1.165) is 4.90 Å². The number of alkyl halides is 3. The summed E-state index contributed by atoms with van der Waals surface area (Å²) in [7, 11) is 0. The first-order chi connectivity index (χ1) is 9.46. The molecule has 0 aromatic heterocycles. The van der Waals surface area contributed by atoms with E-state index in [0.29, 0.717) is 11.1 Å². The van der Waals surface area contributed by atoms with Gasteiger partial charge in [0.05, 0.1) is 13.2 Å². The maximum atomic E-state index is 12.5. The molecule has 0 fully saturated rings. The van der Waals surface area contributed by atoms with Crippen LogP contribution in [0.5, 0.6) is 0 Å². The Morgan fingerprint density at radius 3 is 2.45 bits per heavy atom. The first kappa shape index (κ1) is 16.5. The molecule has 2 N–H and O–H groups in total.